The van der Waals surface area contributed by atoms with Gasteiger partial charge in [-0.1, -0.05) is 12.1 Å². The summed E-state index contributed by atoms with van der Waals surface area (Å²) in [7, 11) is 0. The lowest BCUT2D eigenvalue weighted by Gasteiger charge is -2.35. The molecule has 1 aromatic carbocycles. The van der Waals surface area contributed by atoms with Gasteiger partial charge in [0, 0.05) is 25.7 Å². The zero-order valence-corrected chi connectivity index (χ0v) is 12.5. The molecule has 0 bridgehead atoms. The number of nitro groups is 1. The molecule has 116 valence electrons. The van der Waals surface area contributed by atoms with Gasteiger partial charge in [-0.05, 0) is 26.3 Å². The Balaban J connectivity index is 1.76. The van der Waals surface area contributed by atoms with Crippen molar-refractivity contribution in [2.24, 2.45) is 0 Å². The fourth-order valence-electron chi connectivity index (χ4n) is 2.67. The summed E-state index contributed by atoms with van der Waals surface area (Å²) in [6, 6.07) is 6.48. The molecule has 6 nitrogen and oxygen atoms in total. The highest BCUT2D eigenvalue weighted by atomic mass is 16.6. The number of morpholine rings is 1. The van der Waals surface area contributed by atoms with Crippen LogP contribution in [0, 0.1) is 10.1 Å². The van der Waals surface area contributed by atoms with Crippen LogP contribution in [0.1, 0.15) is 20.3 Å². The van der Waals surface area contributed by atoms with Crippen LogP contribution in [0.15, 0.2) is 24.3 Å². The molecule has 1 aliphatic rings. The van der Waals surface area contributed by atoms with Gasteiger partial charge in [-0.15, -0.1) is 0 Å². The first-order valence-electron chi connectivity index (χ1n) is 7.30. The molecule has 2 atom stereocenters. The number of hydrogen-bond acceptors (Lipinski definition) is 5. The average molecular weight is 294 g/mol. The molecule has 1 aliphatic heterocycles. The normalized spacial score (nSPS) is 23.0. The van der Waals surface area contributed by atoms with Gasteiger partial charge >= 0.3 is 5.69 Å². The third-order valence-corrected chi connectivity index (χ3v) is 3.43. The second-order valence-electron chi connectivity index (χ2n) is 5.44. The molecule has 0 aromatic heterocycles. The van der Waals surface area contributed by atoms with E-state index in [0.717, 1.165) is 26.1 Å². The molecular formula is C15H22N2O4. The lowest BCUT2D eigenvalue weighted by atomic mass is 10.2. The largest absolute Gasteiger partial charge is 0.487 e. The Bertz CT molecular complexity index is 470. The molecule has 0 saturated carbocycles. The Morgan fingerprint density at radius 2 is 2.00 bits per heavy atom. The zero-order valence-electron chi connectivity index (χ0n) is 12.5. The van der Waals surface area contributed by atoms with Gasteiger partial charge in [0.25, 0.3) is 0 Å². The second-order valence-corrected chi connectivity index (χ2v) is 5.44. The number of hydrogen-bond donors (Lipinski definition) is 0. The van der Waals surface area contributed by atoms with Gasteiger partial charge in [0.15, 0.2) is 5.75 Å². The van der Waals surface area contributed by atoms with Gasteiger partial charge < -0.3 is 9.47 Å². The molecule has 1 aromatic rings. The van der Waals surface area contributed by atoms with Crippen LogP contribution in [0.25, 0.3) is 0 Å². The highest BCUT2D eigenvalue weighted by Gasteiger charge is 2.21. The highest BCUT2D eigenvalue weighted by molar-refractivity contribution is 5.45. The Morgan fingerprint density at radius 1 is 1.33 bits per heavy atom. The Kier molecular flexibility index (Phi) is 5.52. The van der Waals surface area contributed by atoms with E-state index in [1.54, 1.807) is 18.2 Å². The summed E-state index contributed by atoms with van der Waals surface area (Å²) in [6.07, 6.45) is 1.35. The van der Waals surface area contributed by atoms with Crippen molar-refractivity contribution in [2.45, 2.75) is 32.5 Å². The molecule has 0 aliphatic carbocycles. The van der Waals surface area contributed by atoms with Crippen LogP contribution in [0.4, 0.5) is 5.69 Å². The Hall–Kier alpha value is -1.66. The van der Waals surface area contributed by atoms with Gasteiger partial charge in [0.1, 0.15) is 0 Å². The van der Waals surface area contributed by atoms with Crippen LogP contribution in [0.3, 0.4) is 0 Å². The summed E-state index contributed by atoms with van der Waals surface area (Å²) >= 11 is 0. The smallest absolute Gasteiger partial charge is 0.310 e. The van der Waals surface area contributed by atoms with Crippen LogP contribution >= 0.6 is 0 Å². The number of nitro benzene ring substituents is 1. The highest BCUT2D eigenvalue weighted by Crippen LogP contribution is 2.25. The lowest BCUT2D eigenvalue weighted by molar-refractivity contribution is -0.385. The maximum atomic E-state index is 10.9. The van der Waals surface area contributed by atoms with Crippen LogP contribution < -0.4 is 4.74 Å². The molecule has 0 radical (unpaired) electrons. The Labute approximate surface area is 124 Å². The van der Waals surface area contributed by atoms with Crippen LogP contribution in [-0.4, -0.2) is 48.3 Å². The summed E-state index contributed by atoms with van der Waals surface area (Å²) in [5.41, 5.74) is 0.0196. The molecule has 1 saturated heterocycles. The minimum Gasteiger partial charge on any atom is -0.487 e. The molecule has 6 heteroatoms. The average Bonchev–Trinajstić information content (AvgIpc) is 2.43. The van der Waals surface area contributed by atoms with E-state index in [1.165, 1.54) is 6.07 Å². The maximum Gasteiger partial charge on any atom is 0.310 e. The number of benzene rings is 1. The Morgan fingerprint density at radius 3 is 2.67 bits per heavy atom. The van der Waals surface area contributed by atoms with Crippen LogP contribution in [-0.2, 0) is 4.74 Å². The molecule has 0 amide bonds. The molecule has 1 fully saturated rings. The molecule has 0 N–H and O–H groups in total. The molecule has 2 rings (SSSR count). The molecular weight excluding hydrogens is 272 g/mol. The van der Waals surface area contributed by atoms with Crippen LogP contribution in [0.2, 0.25) is 0 Å². The van der Waals surface area contributed by atoms with Gasteiger partial charge in [-0.3, -0.25) is 15.0 Å². The fraction of sp³-hybridized carbons (Fsp3) is 0.600. The monoisotopic (exact) mass is 294 g/mol. The van der Waals surface area contributed by atoms with Crippen molar-refractivity contribution in [3.8, 4) is 5.75 Å². The van der Waals surface area contributed by atoms with Gasteiger partial charge in [-0.25, -0.2) is 0 Å². The summed E-state index contributed by atoms with van der Waals surface area (Å²) < 4.78 is 11.2. The standard InChI is InChI=1S/C15H22N2O4/c1-12-10-16(11-13(2)21-12)8-5-9-20-15-7-4-3-6-14(15)17(18)19/h3-4,6-7,12-13H,5,8-11H2,1-2H3/t12-,13+. The third kappa shape index (κ3) is 4.68. The van der Waals surface area contributed by atoms with E-state index in [1.807, 2.05) is 0 Å². The van der Waals surface area contributed by atoms with Crippen molar-refractivity contribution < 1.29 is 14.4 Å². The zero-order chi connectivity index (χ0) is 15.2. The van der Waals surface area contributed by atoms with Crippen molar-refractivity contribution in [3.05, 3.63) is 34.4 Å². The van der Waals surface area contributed by atoms with Crippen molar-refractivity contribution in [1.82, 2.24) is 4.90 Å². The summed E-state index contributed by atoms with van der Waals surface area (Å²) in [6.45, 7) is 7.40. The molecule has 21 heavy (non-hydrogen) atoms. The van der Waals surface area contributed by atoms with E-state index in [0.29, 0.717) is 12.4 Å². The summed E-state index contributed by atoms with van der Waals surface area (Å²) in [5, 5.41) is 10.9. The SMILES string of the molecule is C[C@@H]1CN(CCCOc2ccccc2[N+](=O)[O-])C[C@H](C)O1. The topological polar surface area (TPSA) is 64.8 Å². The first-order chi connectivity index (χ1) is 10.1. The van der Waals surface area contributed by atoms with E-state index in [9.17, 15) is 10.1 Å². The predicted octanol–water partition coefficient (Wildman–Crippen LogP) is 2.47. The maximum absolute atomic E-state index is 10.9. The number of ether oxygens (including phenoxy) is 2. The lowest BCUT2D eigenvalue weighted by Crippen LogP contribution is -2.45. The first kappa shape index (κ1) is 15.7. The fourth-order valence-corrected chi connectivity index (χ4v) is 2.67. The van der Waals surface area contributed by atoms with E-state index in [4.69, 9.17) is 9.47 Å². The summed E-state index contributed by atoms with van der Waals surface area (Å²) in [5.74, 6) is 0.339. The van der Waals surface area contributed by atoms with Crippen molar-refractivity contribution in [1.29, 1.82) is 0 Å². The van der Waals surface area contributed by atoms with Crippen LogP contribution in [0.5, 0.6) is 5.75 Å². The molecule has 1 heterocycles. The van der Waals surface area contributed by atoms with E-state index in [2.05, 4.69) is 18.7 Å². The number of nitrogens with zero attached hydrogens (tertiary/aromatic N) is 2. The molecule has 0 unspecified atom stereocenters. The summed E-state index contributed by atoms with van der Waals surface area (Å²) in [4.78, 5) is 12.8. The van der Waals surface area contributed by atoms with E-state index < -0.39 is 4.92 Å². The van der Waals surface area contributed by atoms with E-state index >= 15 is 0 Å². The van der Waals surface area contributed by atoms with Crippen molar-refractivity contribution >= 4 is 5.69 Å². The number of rotatable bonds is 6. The van der Waals surface area contributed by atoms with Gasteiger partial charge in [0.2, 0.25) is 0 Å². The van der Waals surface area contributed by atoms with Gasteiger partial charge in [0.05, 0.1) is 23.7 Å². The second kappa shape index (κ2) is 7.38. The minimum absolute atomic E-state index is 0.0196. The minimum atomic E-state index is -0.416. The third-order valence-electron chi connectivity index (χ3n) is 3.43. The molecule has 0 spiro atoms. The quantitative estimate of drug-likeness (QED) is 0.458. The predicted molar refractivity (Wildman–Crippen MR) is 79.7 cm³/mol. The first-order valence-corrected chi connectivity index (χ1v) is 7.30. The van der Waals surface area contributed by atoms with Crippen molar-refractivity contribution in [2.75, 3.05) is 26.2 Å². The van der Waals surface area contributed by atoms with Gasteiger partial charge in [-0.2, -0.15) is 0 Å². The van der Waals surface area contributed by atoms with E-state index in [-0.39, 0.29) is 17.9 Å². The van der Waals surface area contributed by atoms with Crippen molar-refractivity contribution in [3.63, 3.8) is 0 Å². The number of para-hydroxylation sites is 2.